The van der Waals surface area contributed by atoms with Gasteiger partial charge in [0.2, 0.25) is 0 Å². The second kappa shape index (κ2) is 9.10. The molecule has 36 heavy (non-hydrogen) atoms. The van der Waals surface area contributed by atoms with Gasteiger partial charge in [-0.3, -0.25) is 9.88 Å². The highest BCUT2D eigenvalue weighted by Crippen LogP contribution is 2.45. The molecule has 3 nitrogen and oxygen atoms in total. The molecule has 2 unspecified atom stereocenters. The van der Waals surface area contributed by atoms with Crippen molar-refractivity contribution >= 4 is 5.57 Å². The Labute approximate surface area is 208 Å². The Morgan fingerprint density at radius 3 is 2.42 bits per heavy atom. The van der Waals surface area contributed by atoms with Crippen molar-refractivity contribution in [2.75, 3.05) is 13.1 Å². The molecule has 1 fully saturated rings. The van der Waals surface area contributed by atoms with E-state index in [4.69, 9.17) is 0 Å². The van der Waals surface area contributed by atoms with Gasteiger partial charge in [0, 0.05) is 54.4 Å². The molecule has 6 rings (SSSR count). The molecule has 0 bridgehead atoms. The average molecular weight is 486 g/mol. The van der Waals surface area contributed by atoms with E-state index in [0.717, 1.165) is 48.7 Å². The third-order valence-corrected chi connectivity index (χ3v) is 7.48. The Morgan fingerprint density at radius 1 is 0.889 bits per heavy atom. The summed E-state index contributed by atoms with van der Waals surface area (Å²) in [7, 11) is 0. The molecule has 0 radical (unpaired) electrons. The highest BCUT2D eigenvalue weighted by atomic mass is 19.4. The van der Waals surface area contributed by atoms with Crippen molar-refractivity contribution in [3.8, 4) is 22.4 Å². The van der Waals surface area contributed by atoms with Crippen molar-refractivity contribution < 1.29 is 13.2 Å². The highest BCUT2D eigenvalue weighted by Gasteiger charge is 2.36. The van der Waals surface area contributed by atoms with Crippen LogP contribution < -0.4 is 0 Å². The van der Waals surface area contributed by atoms with Crippen LogP contribution in [0.1, 0.15) is 35.4 Å². The first-order valence-corrected chi connectivity index (χ1v) is 12.3. The fourth-order valence-electron chi connectivity index (χ4n) is 5.79. The number of fused-ring (bicyclic) bond motifs is 1. The van der Waals surface area contributed by atoms with Crippen molar-refractivity contribution in [2.24, 2.45) is 0 Å². The van der Waals surface area contributed by atoms with Crippen molar-refractivity contribution in [3.63, 3.8) is 0 Å². The van der Waals surface area contributed by atoms with E-state index in [9.17, 15) is 13.2 Å². The van der Waals surface area contributed by atoms with E-state index in [1.807, 2.05) is 24.4 Å². The number of H-pyrrole nitrogens is 1. The summed E-state index contributed by atoms with van der Waals surface area (Å²) < 4.78 is 41.7. The molecule has 4 aromatic rings. The second-order valence-corrected chi connectivity index (χ2v) is 9.58. The summed E-state index contributed by atoms with van der Waals surface area (Å²) in [5.74, 6) is 0.493. The standard InChI is InChI=1S/C30H26F3N3/c31-30(32,33)27-9-5-4-8-25(27)29-28(21-10-13-34-14-11-21)26(18-35-29)22-12-15-36-19-23(17-24(36)16-22)20-6-2-1-3-7-20/h1-11,13-14,16,18,23-24,35H,12,15,17,19H2. The van der Waals surface area contributed by atoms with Crippen molar-refractivity contribution in [1.82, 2.24) is 14.9 Å². The fraction of sp³-hybridized carbons (Fsp3) is 0.233. The molecule has 0 amide bonds. The Balaban J connectivity index is 1.42. The van der Waals surface area contributed by atoms with Crippen LogP contribution in [0.25, 0.3) is 28.0 Å². The Kier molecular flexibility index (Phi) is 5.76. The lowest BCUT2D eigenvalue weighted by Gasteiger charge is -2.28. The van der Waals surface area contributed by atoms with E-state index >= 15 is 0 Å². The summed E-state index contributed by atoms with van der Waals surface area (Å²) in [4.78, 5) is 9.87. The number of aromatic amines is 1. The van der Waals surface area contributed by atoms with Gasteiger partial charge < -0.3 is 4.98 Å². The zero-order valence-corrected chi connectivity index (χ0v) is 19.7. The number of halogens is 3. The summed E-state index contributed by atoms with van der Waals surface area (Å²) in [6.07, 6.45) is 5.04. The fourth-order valence-corrected chi connectivity index (χ4v) is 5.79. The number of hydrogen-bond acceptors (Lipinski definition) is 2. The van der Waals surface area contributed by atoms with Crippen molar-refractivity contribution in [1.29, 1.82) is 0 Å². The normalized spacial score (nSPS) is 20.2. The summed E-state index contributed by atoms with van der Waals surface area (Å²) in [5.41, 5.74) is 5.18. The SMILES string of the molecule is FC(F)(F)c1ccccc1-c1[nH]cc(C2=CC3CC(c4ccccc4)CN3CC2)c1-c1ccncc1. The van der Waals surface area contributed by atoms with Gasteiger partial charge in [0.1, 0.15) is 0 Å². The Bertz CT molecular complexity index is 1390. The van der Waals surface area contributed by atoms with Gasteiger partial charge in [-0.15, -0.1) is 0 Å². The zero-order valence-electron chi connectivity index (χ0n) is 19.7. The van der Waals surface area contributed by atoms with Gasteiger partial charge in [0.25, 0.3) is 0 Å². The maximum absolute atomic E-state index is 13.9. The smallest absolute Gasteiger partial charge is 0.360 e. The minimum absolute atomic E-state index is 0.158. The number of nitrogens with one attached hydrogen (secondary N) is 1. The van der Waals surface area contributed by atoms with E-state index in [2.05, 4.69) is 45.2 Å². The molecule has 2 aliphatic rings. The molecule has 6 heteroatoms. The highest BCUT2D eigenvalue weighted by molar-refractivity contribution is 5.92. The lowest BCUT2D eigenvalue weighted by atomic mass is 9.89. The molecular weight excluding hydrogens is 459 g/mol. The molecule has 4 heterocycles. The van der Waals surface area contributed by atoms with Gasteiger partial charge in [0.05, 0.1) is 11.3 Å². The van der Waals surface area contributed by atoms with Crippen molar-refractivity contribution in [3.05, 3.63) is 108 Å². The maximum Gasteiger partial charge on any atom is 0.417 e. The lowest BCUT2D eigenvalue weighted by molar-refractivity contribution is -0.137. The minimum atomic E-state index is -4.45. The lowest BCUT2D eigenvalue weighted by Crippen LogP contribution is -2.32. The first-order valence-electron chi connectivity index (χ1n) is 12.3. The molecular formula is C30H26F3N3. The van der Waals surface area contributed by atoms with E-state index in [1.54, 1.807) is 24.5 Å². The number of alkyl halides is 3. The molecule has 0 aliphatic carbocycles. The third-order valence-electron chi connectivity index (χ3n) is 7.48. The number of hydrogen-bond donors (Lipinski definition) is 1. The molecule has 2 aromatic carbocycles. The summed E-state index contributed by atoms with van der Waals surface area (Å²) in [6.45, 7) is 1.97. The van der Waals surface area contributed by atoms with Gasteiger partial charge in [-0.05, 0) is 53.7 Å². The van der Waals surface area contributed by atoms with E-state index in [0.29, 0.717) is 17.7 Å². The number of rotatable bonds is 4. The molecule has 2 aromatic heterocycles. The summed E-state index contributed by atoms with van der Waals surface area (Å²) >= 11 is 0. The van der Waals surface area contributed by atoms with Crippen LogP contribution in [0.3, 0.4) is 0 Å². The van der Waals surface area contributed by atoms with E-state index in [-0.39, 0.29) is 5.56 Å². The number of nitrogens with zero attached hydrogens (tertiary/aromatic N) is 2. The van der Waals surface area contributed by atoms with Gasteiger partial charge in [-0.2, -0.15) is 13.2 Å². The monoisotopic (exact) mass is 485 g/mol. The molecule has 1 N–H and O–H groups in total. The maximum atomic E-state index is 13.9. The topological polar surface area (TPSA) is 31.9 Å². The van der Waals surface area contributed by atoms with Crippen LogP contribution in [0.4, 0.5) is 13.2 Å². The predicted molar refractivity (Wildman–Crippen MR) is 136 cm³/mol. The number of pyridine rings is 1. The van der Waals surface area contributed by atoms with Crippen molar-refractivity contribution in [2.45, 2.75) is 31.0 Å². The first-order chi connectivity index (χ1) is 17.5. The van der Waals surface area contributed by atoms with Crippen LogP contribution in [0, 0.1) is 0 Å². The summed E-state index contributed by atoms with van der Waals surface area (Å²) in [5, 5.41) is 0. The van der Waals surface area contributed by atoms with Gasteiger partial charge in [-0.1, -0.05) is 54.6 Å². The number of benzene rings is 2. The largest absolute Gasteiger partial charge is 0.417 e. The minimum Gasteiger partial charge on any atom is -0.360 e. The van der Waals surface area contributed by atoms with Crippen LogP contribution >= 0.6 is 0 Å². The van der Waals surface area contributed by atoms with Crippen LogP contribution in [0.15, 0.2) is 91.4 Å². The predicted octanol–water partition coefficient (Wildman–Crippen LogP) is 7.41. The molecule has 2 atom stereocenters. The molecule has 2 aliphatic heterocycles. The van der Waals surface area contributed by atoms with Gasteiger partial charge in [-0.25, -0.2) is 0 Å². The Hall–Kier alpha value is -3.64. The molecule has 0 saturated carbocycles. The Morgan fingerprint density at radius 2 is 1.64 bits per heavy atom. The van der Waals surface area contributed by atoms with Gasteiger partial charge in [0.15, 0.2) is 0 Å². The van der Waals surface area contributed by atoms with Crippen LogP contribution in [0.5, 0.6) is 0 Å². The van der Waals surface area contributed by atoms with Crippen LogP contribution in [-0.2, 0) is 6.18 Å². The molecule has 1 saturated heterocycles. The first kappa shape index (κ1) is 22.8. The molecule has 182 valence electrons. The van der Waals surface area contributed by atoms with Gasteiger partial charge >= 0.3 is 6.18 Å². The van der Waals surface area contributed by atoms with E-state index in [1.165, 1.54) is 17.2 Å². The zero-order chi connectivity index (χ0) is 24.7. The second-order valence-electron chi connectivity index (χ2n) is 9.58. The third kappa shape index (κ3) is 4.16. The van der Waals surface area contributed by atoms with E-state index < -0.39 is 11.7 Å². The quantitative estimate of drug-likeness (QED) is 0.326. The van der Waals surface area contributed by atoms with Crippen LogP contribution in [-0.4, -0.2) is 34.0 Å². The summed E-state index contributed by atoms with van der Waals surface area (Å²) in [6, 6.07) is 20.5. The number of aromatic nitrogens is 2. The molecule has 0 spiro atoms. The van der Waals surface area contributed by atoms with Crippen LogP contribution in [0.2, 0.25) is 0 Å². The average Bonchev–Trinajstić information content (AvgIpc) is 3.53.